The molecule has 1 aliphatic carbocycles. The van der Waals surface area contributed by atoms with Crippen LogP contribution < -0.4 is 0 Å². The van der Waals surface area contributed by atoms with E-state index < -0.39 is 5.60 Å². The highest BCUT2D eigenvalue weighted by atomic mass is 16.5. The van der Waals surface area contributed by atoms with Crippen LogP contribution in [0.3, 0.4) is 0 Å². The zero-order valence-electron chi connectivity index (χ0n) is 21.3. The summed E-state index contributed by atoms with van der Waals surface area (Å²) in [5, 5.41) is 7.56. The summed E-state index contributed by atoms with van der Waals surface area (Å²) in [5.74, 6) is -0.0828. The maximum atomic E-state index is 12.1. The van der Waals surface area contributed by atoms with Crippen LogP contribution in [0.4, 0.5) is 0 Å². The van der Waals surface area contributed by atoms with E-state index in [0.29, 0.717) is 0 Å². The highest BCUT2D eigenvalue weighted by Crippen LogP contribution is 2.35. The minimum atomic E-state index is -0.391. The maximum absolute atomic E-state index is 12.1. The van der Waals surface area contributed by atoms with Crippen molar-refractivity contribution in [2.45, 2.75) is 77.6 Å². The van der Waals surface area contributed by atoms with Crippen LogP contribution in [0.15, 0.2) is 66.7 Å². The molecule has 0 spiro atoms. The van der Waals surface area contributed by atoms with Gasteiger partial charge in [-0.1, -0.05) is 50.2 Å². The third kappa shape index (κ3) is 5.06. The lowest BCUT2D eigenvalue weighted by Crippen LogP contribution is -2.34. The number of esters is 1. The second-order valence-electron chi connectivity index (χ2n) is 10.7. The zero-order chi connectivity index (χ0) is 24.6. The topological polar surface area (TPSA) is 35.5 Å². The molecular formula is C32H36O3. The molecule has 0 bridgehead atoms. The monoisotopic (exact) mass is 468 g/mol. The van der Waals surface area contributed by atoms with Crippen molar-refractivity contribution in [3.05, 3.63) is 72.3 Å². The molecule has 4 aromatic carbocycles. The van der Waals surface area contributed by atoms with Crippen LogP contribution in [0.5, 0.6) is 0 Å². The number of fused-ring (bicyclic) bond motifs is 3. The third-order valence-electron chi connectivity index (χ3n) is 7.74. The first-order valence-electron chi connectivity index (χ1n) is 13.1. The molecule has 1 fully saturated rings. The molecule has 4 aromatic rings. The van der Waals surface area contributed by atoms with E-state index in [0.717, 1.165) is 32.1 Å². The van der Waals surface area contributed by atoms with Crippen molar-refractivity contribution in [1.29, 1.82) is 0 Å². The molecule has 0 amide bonds. The first-order valence-corrected chi connectivity index (χ1v) is 13.1. The average Bonchev–Trinajstić information content (AvgIpc) is 2.86. The van der Waals surface area contributed by atoms with E-state index in [-0.39, 0.29) is 24.1 Å². The van der Waals surface area contributed by atoms with Crippen molar-refractivity contribution in [2.24, 2.45) is 5.92 Å². The Morgan fingerprint density at radius 2 is 1.31 bits per heavy atom. The van der Waals surface area contributed by atoms with Crippen LogP contribution in [0.25, 0.3) is 32.3 Å². The molecule has 3 heteroatoms. The highest BCUT2D eigenvalue weighted by Gasteiger charge is 2.31. The summed E-state index contributed by atoms with van der Waals surface area (Å²) in [5.41, 5.74) is 0.799. The molecule has 0 N–H and O–H groups in total. The summed E-state index contributed by atoms with van der Waals surface area (Å²) >= 11 is 0. The molecule has 182 valence electrons. The Morgan fingerprint density at radius 3 is 1.91 bits per heavy atom. The van der Waals surface area contributed by atoms with Crippen molar-refractivity contribution < 1.29 is 14.3 Å². The highest BCUT2D eigenvalue weighted by molar-refractivity contribution is 6.04. The second kappa shape index (κ2) is 9.62. The molecule has 1 saturated carbocycles. The smallest absolute Gasteiger partial charge is 0.308 e. The minimum Gasteiger partial charge on any atom is -0.462 e. The molecule has 0 heterocycles. The summed E-state index contributed by atoms with van der Waals surface area (Å²) in [4.78, 5) is 12.1. The standard InChI is InChI=1S/C32H36O3/c1-5-21(2)31(33)34-29-12-14-30(15-13-29)35-32(3,4)28-11-10-24-18-25-16-22-8-6-7-9-23(22)17-26(25)19-27(24)20-28/h6-11,16-21,29-30H,5,12-15H2,1-4H3. The fraction of sp³-hybridized carbons (Fsp3) is 0.406. The molecule has 1 unspecified atom stereocenters. The minimum absolute atomic E-state index is 0.0216. The van der Waals surface area contributed by atoms with Crippen molar-refractivity contribution >= 4 is 38.3 Å². The van der Waals surface area contributed by atoms with Gasteiger partial charge in [0.15, 0.2) is 0 Å². The first kappa shape index (κ1) is 23.8. The molecule has 0 aromatic heterocycles. The Balaban J connectivity index is 1.31. The molecule has 5 rings (SSSR count). The van der Waals surface area contributed by atoms with Gasteiger partial charge in [0.2, 0.25) is 0 Å². The van der Waals surface area contributed by atoms with Crippen LogP contribution in [0.2, 0.25) is 0 Å². The van der Waals surface area contributed by atoms with Gasteiger partial charge in [-0.15, -0.1) is 0 Å². The van der Waals surface area contributed by atoms with Crippen molar-refractivity contribution in [3.63, 3.8) is 0 Å². The number of hydrogen-bond donors (Lipinski definition) is 0. The van der Waals surface area contributed by atoms with Crippen LogP contribution in [-0.4, -0.2) is 18.2 Å². The van der Waals surface area contributed by atoms with Gasteiger partial charge in [0, 0.05) is 0 Å². The van der Waals surface area contributed by atoms with Crippen LogP contribution in [0.1, 0.15) is 65.4 Å². The predicted octanol–water partition coefficient (Wildman–Crippen LogP) is 8.30. The number of carbonyl (C=O) groups is 1. The molecule has 0 radical (unpaired) electrons. The Kier molecular flexibility index (Phi) is 6.55. The Hall–Kier alpha value is -2.91. The first-order chi connectivity index (χ1) is 16.8. The zero-order valence-corrected chi connectivity index (χ0v) is 21.3. The van der Waals surface area contributed by atoms with Gasteiger partial charge in [0.25, 0.3) is 0 Å². The Labute approximate surface area is 208 Å². The van der Waals surface area contributed by atoms with E-state index in [2.05, 4.69) is 80.6 Å². The Bertz CT molecular complexity index is 1360. The van der Waals surface area contributed by atoms with E-state index in [4.69, 9.17) is 9.47 Å². The van der Waals surface area contributed by atoms with E-state index in [1.165, 1.54) is 37.9 Å². The van der Waals surface area contributed by atoms with Gasteiger partial charge in [-0.3, -0.25) is 4.79 Å². The summed E-state index contributed by atoms with van der Waals surface area (Å²) in [7, 11) is 0. The van der Waals surface area contributed by atoms with Crippen molar-refractivity contribution in [3.8, 4) is 0 Å². The van der Waals surface area contributed by atoms with Gasteiger partial charge in [-0.2, -0.15) is 0 Å². The lowest BCUT2D eigenvalue weighted by molar-refractivity contribution is -0.159. The fourth-order valence-electron chi connectivity index (χ4n) is 5.27. The van der Waals surface area contributed by atoms with E-state index in [1.807, 2.05) is 13.8 Å². The molecule has 3 nitrogen and oxygen atoms in total. The number of carbonyl (C=O) groups excluding carboxylic acids is 1. The number of hydrogen-bond acceptors (Lipinski definition) is 3. The number of ether oxygens (including phenoxy) is 2. The van der Waals surface area contributed by atoms with Gasteiger partial charge in [-0.05, 0) is 114 Å². The number of rotatable bonds is 6. The van der Waals surface area contributed by atoms with Crippen molar-refractivity contribution in [2.75, 3.05) is 0 Å². The summed E-state index contributed by atoms with van der Waals surface area (Å²) < 4.78 is 12.4. The Morgan fingerprint density at radius 1 is 0.800 bits per heavy atom. The molecule has 0 saturated heterocycles. The lowest BCUT2D eigenvalue weighted by atomic mass is 9.91. The molecule has 0 aliphatic heterocycles. The predicted molar refractivity (Wildman–Crippen MR) is 145 cm³/mol. The van der Waals surface area contributed by atoms with Crippen LogP contribution in [-0.2, 0) is 19.9 Å². The SMILES string of the molecule is CCC(C)C(=O)OC1CCC(OC(C)(C)c2ccc3cc4cc5ccccc5cc4cc3c2)CC1. The lowest BCUT2D eigenvalue weighted by Gasteiger charge is -2.35. The average molecular weight is 469 g/mol. The van der Waals surface area contributed by atoms with Gasteiger partial charge in [0.1, 0.15) is 6.10 Å². The van der Waals surface area contributed by atoms with Gasteiger partial charge in [-0.25, -0.2) is 0 Å². The van der Waals surface area contributed by atoms with E-state index in [9.17, 15) is 4.79 Å². The maximum Gasteiger partial charge on any atom is 0.308 e. The molecule has 1 atom stereocenters. The third-order valence-corrected chi connectivity index (χ3v) is 7.74. The summed E-state index contributed by atoms with van der Waals surface area (Å²) in [6.45, 7) is 8.29. The molecule has 1 aliphatic rings. The van der Waals surface area contributed by atoms with Gasteiger partial charge in [0.05, 0.1) is 17.6 Å². The van der Waals surface area contributed by atoms with Gasteiger partial charge >= 0.3 is 5.97 Å². The van der Waals surface area contributed by atoms with Crippen LogP contribution >= 0.6 is 0 Å². The largest absolute Gasteiger partial charge is 0.462 e. The number of benzene rings is 4. The molecule has 35 heavy (non-hydrogen) atoms. The quantitative estimate of drug-likeness (QED) is 0.211. The summed E-state index contributed by atoms with van der Waals surface area (Å²) in [6.07, 6.45) is 4.64. The summed E-state index contributed by atoms with van der Waals surface area (Å²) in [6, 6.07) is 24.4. The molecular weight excluding hydrogens is 432 g/mol. The van der Waals surface area contributed by atoms with Crippen LogP contribution in [0, 0.1) is 5.92 Å². The van der Waals surface area contributed by atoms with Gasteiger partial charge < -0.3 is 9.47 Å². The normalized spacial score (nSPS) is 19.8. The second-order valence-corrected chi connectivity index (χ2v) is 10.7. The van der Waals surface area contributed by atoms with E-state index in [1.54, 1.807) is 0 Å². The van der Waals surface area contributed by atoms with E-state index >= 15 is 0 Å². The fourth-order valence-corrected chi connectivity index (χ4v) is 5.27. The van der Waals surface area contributed by atoms with Crippen molar-refractivity contribution in [1.82, 2.24) is 0 Å².